The first-order chi connectivity index (χ1) is 9.85. The molecule has 1 fully saturated rings. The average molecular weight is 276 g/mol. The lowest BCUT2D eigenvalue weighted by atomic mass is 9.89. The van der Waals surface area contributed by atoms with Crippen LogP contribution in [0.3, 0.4) is 0 Å². The molecule has 2 heterocycles. The molecular weight excluding hydrogens is 256 g/mol. The van der Waals surface area contributed by atoms with Crippen LogP contribution in [0.2, 0.25) is 0 Å². The highest BCUT2D eigenvalue weighted by atomic mass is 16.5. The van der Waals surface area contributed by atoms with E-state index in [1.807, 2.05) is 17.8 Å². The Morgan fingerprint density at radius 2 is 2.20 bits per heavy atom. The molecule has 1 saturated carbocycles. The monoisotopic (exact) mass is 276 g/mol. The molecule has 0 aromatic carbocycles. The molecule has 0 amide bonds. The SMILES string of the molecule is CCn1cc(OCc2noc(C3CCCCC3)n2)cn1. The van der Waals surface area contributed by atoms with Gasteiger partial charge in [0.2, 0.25) is 11.7 Å². The molecule has 1 aliphatic rings. The second-order valence-corrected chi connectivity index (χ2v) is 5.20. The minimum atomic E-state index is 0.325. The molecule has 2 aromatic heterocycles. The molecule has 0 atom stereocenters. The van der Waals surface area contributed by atoms with Crippen LogP contribution < -0.4 is 4.74 Å². The molecule has 0 saturated heterocycles. The molecule has 2 aromatic rings. The lowest BCUT2D eigenvalue weighted by molar-refractivity contribution is 0.279. The van der Waals surface area contributed by atoms with Crippen molar-refractivity contribution < 1.29 is 9.26 Å². The lowest BCUT2D eigenvalue weighted by Crippen LogP contribution is -2.05. The maximum atomic E-state index is 5.61. The van der Waals surface area contributed by atoms with Crippen molar-refractivity contribution in [1.29, 1.82) is 0 Å². The molecule has 0 spiro atoms. The molecule has 0 N–H and O–H groups in total. The molecule has 20 heavy (non-hydrogen) atoms. The summed E-state index contributed by atoms with van der Waals surface area (Å²) in [6.07, 6.45) is 9.72. The van der Waals surface area contributed by atoms with Crippen molar-refractivity contribution in [3.8, 4) is 5.75 Å². The molecule has 6 nitrogen and oxygen atoms in total. The molecule has 1 aliphatic carbocycles. The number of ether oxygens (including phenoxy) is 1. The smallest absolute Gasteiger partial charge is 0.229 e. The number of aryl methyl sites for hydroxylation is 1. The van der Waals surface area contributed by atoms with Crippen LogP contribution in [0.4, 0.5) is 0 Å². The van der Waals surface area contributed by atoms with Crippen molar-refractivity contribution in [3.63, 3.8) is 0 Å². The number of hydrogen-bond donors (Lipinski definition) is 0. The predicted molar refractivity (Wildman–Crippen MR) is 72.4 cm³/mol. The fourth-order valence-corrected chi connectivity index (χ4v) is 2.58. The number of nitrogens with zero attached hydrogens (tertiary/aromatic N) is 4. The fourth-order valence-electron chi connectivity index (χ4n) is 2.58. The summed E-state index contributed by atoms with van der Waals surface area (Å²) in [6.45, 7) is 3.19. The number of hydrogen-bond acceptors (Lipinski definition) is 5. The van der Waals surface area contributed by atoms with Gasteiger partial charge in [-0.1, -0.05) is 24.4 Å². The van der Waals surface area contributed by atoms with Crippen molar-refractivity contribution in [2.75, 3.05) is 0 Å². The highest BCUT2D eigenvalue weighted by molar-refractivity contribution is 5.11. The van der Waals surface area contributed by atoms with E-state index >= 15 is 0 Å². The Bertz CT molecular complexity index is 543. The summed E-state index contributed by atoms with van der Waals surface area (Å²) in [5, 5.41) is 8.15. The summed E-state index contributed by atoms with van der Waals surface area (Å²) in [4.78, 5) is 4.45. The Kier molecular flexibility index (Phi) is 3.99. The normalized spacial score (nSPS) is 16.4. The van der Waals surface area contributed by atoms with E-state index in [-0.39, 0.29) is 0 Å². The Morgan fingerprint density at radius 1 is 1.35 bits per heavy atom. The van der Waals surface area contributed by atoms with Gasteiger partial charge in [-0.3, -0.25) is 4.68 Å². The van der Waals surface area contributed by atoms with Crippen LogP contribution in [-0.4, -0.2) is 19.9 Å². The minimum absolute atomic E-state index is 0.325. The van der Waals surface area contributed by atoms with Crippen LogP contribution in [0, 0.1) is 0 Å². The highest BCUT2D eigenvalue weighted by Crippen LogP contribution is 2.31. The zero-order chi connectivity index (χ0) is 13.8. The third-order valence-corrected chi connectivity index (χ3v) is 3.74. The van der Waals surface area contributed by atoms with Crippen molar-refractivity contribution in [2.24, 2.45) is 0 Å². The van der Waals surface area contributed by atoms with Gasteiger partial charge in [-0.25, -0.2) is 0 Å². The predicted octanol–water partition coefficient (Wildman–Crippen LogP) is 2.91. The molecular formula is C14H20N4O2. The highest BCUT2D eigenvalue weighted by Gasteiger charge is 2.21. The van der Waals surface area contributed by atoms with Gasteiger partial charge in [-0.05, 0) is 19.8 Å². The zero-order valence-electron chi connectivity index (χ0n) is 11.8. The quantitative estimate of drug-likeness (QED) is 0.840. The molecule has 0 aliphatic heterocycles. The zero-order valence-corrected chi connectivity index (χ0v) is 11.8. The van der Waals surface area contributed by atoms with E-state index in [2.05, 4.69) is 15.2 Å². The van der Waals surface area contributed by atoms with Gasteiger partial charge >= 0.3 is 0 Å². The maximum absolute atomic E-state index is 5.61. The summed E-state index contributed by atoms with van der Waals surface area (Å²) in [5.74, 6) is 2.55. The molecule has 0 unspecified atom stereocenters. The first-order valence-corrected chi connectivity index (χ1v) is 7.33. The summed E-state index contributed by atoms with van der Waals surface area (Å²) in [7, 11) is 0. The van der Waals surface area contributed by atoms with E-state index in [9.17, 15) is 0 Å². The van der Waals surface area contributed by atoms with Crippen molar-refractivity contribution in [2.45, 2.75) is 58.1 Å². The number of rotatable bonds is 5. The summed E-state index contributed by atoms with van der Waals surface area (Å²) in [5.41, 5.74) is 0. The molecule has 0 radical (unpaired) electrons. The Labute approximate surface area is 118 Å². The largest absolute Gasteiger partial charge is 0.482 e. The van der Waals surface area contributed by atoms with E-state index in [1.54, 1.807) is 6.20 Å². The lowest BCUT2D eigenvalue weighted by Gasteiger charge is -2.17. The van der Waals surface area contributed by atoms with Crippen LogP contribution >= 0.6 is 0 Å². The third-order valence-electron chi connectivity index (χ3n) is 3.74. The average Bonchev–Trinajstić information content (AvgIpc) is 3.15. The summed E-state index contributed by atoms with van der Waals surface area (Å²) in [6, 6.07) is 0. The van der Waals surface area contributed by atoms with Gasteiger partial charge in [0.05, 0.1) is 12.4 Å². The minimum Gasteiger partial charge on any atom is -0.482 e. The first kappa shape index (κ1) is 13.1. The van der Waals surface area contributed by atoms with E-state index in [0.717, 1.165) is 31.0 Å². The van der Waals surface area contributed by atoms with E-state index in [4.69, 9.17) is 9.26 Å². The second kappa shape index (κ2) is 6.07. The van der Waals surface area contributed by atoms with Crippen molar-refractivity contribution >= 4 is 0 Å². The van der Waals surface area contributed by atoms with Crippen molar-refractivity contribution in [1.82, 2.24) is 19.9 Å². The van der Waals surface area contributed by atoms with Gasteiger partial charge in [-0.2, -0.15) is 10.1 Å². The fraction of sp³-hybridized carbons (Fsp3) is 0.643. The molecule has 6 heteroatoms. The Balaban J connectivity index is 1.56. The van der Waals surface area contributed by atoms with Gasteiger partial charge in [0.25, 0.3) is 0 Å². The Hall–Kier alpha value is -1.85. The van der Waals surface area contributed by atoms with Gasteiger partial charge in [0, 0.05) is 12.5 Å². The van der Waals surface area contributed by atoms with E-state index < -0.39 is 0 Å². The second-order valence-electron chi connectivity index (χ2n) is 5.20. The topological polar surface area (TPSA) is 66.0 Å². The Morgan fingerprint density at radius 3 is 2.95 bits per heavy atom. The van der Waals surface area contributed by atoms with Crippen LogP contribution in [0.5, 0.6) is 5.75 Å². The van der Waals surface area contributed by atoms with Gasteiger partial charge in [0.1, 0.15) is 0 Å². The van der Waals surface area contributed by atoms with Gasteiger partial charge in [-0.15, -0.1) is 0 Å². The third kappa shape index (κ3) is 3.00. The van der Waals surface area contributed by atoms with Gasteiger partial charge < -0.3 is 9.26 Å². The van der Waals surface area contributed by atoms with Crippen LogP contribution in [0.1, 0.15) is 56.7 Å². The molecule has 0 bridgehead atoms. The summed E-state index contributed by atoms with van der Waals surface area (Å²) >= 11 is 0. The van der Waals surface area contributed by atoms with Crippen LogP contribution in [-0.2, 0) is 13.2 Å². The van der Waals surface area contributed by atoms with E-state index in [1.165, 1.54) is 19.3 Å². The summed E-state index contributed by atoms with van der Waals surface area (Å²) < 4.78 is 12.8. The molecule has 108 valence electrons. The van der Waals surface area contributed by atoms with Crippen LogP contribution in [0.25, 0.3) is 0 Å². The maximum Gasteiger partial charge on any atom is 0.229 e. The van der Waals surface area contributed by atoms with E-state index in [0.29, 0.717) is 18.3 Å². The van der Waals surface area contributed by atoms with Crippen molar-refractivity contribution in [3.05, 3.63) is 24.1 Å². The van der Waals surface area contributed by atoms with Gasteiger partial charge in [0.15, 0.2) is 12.4 Å². The standard InChI is InChI=1S/C14H20N4O2/c1-2-18-9-12(8-15-18)19-10-13-16-14(20-17-13)11-6-4-3-5-7-11/h8-9,11H,2-7,10H2,1H3. The number of aromatic nitrogens is 4. The molecule has 3 rings (SSSR count). The van der Waals surface area contributed by atoms with Crippen LogP contribution in [0.15, 0.2) is 16.9 Å². The first-order valence-electron chi connectivity index (χ1n) is 7.33.